The predicted molar refractivity (Wildman–Crippen MR) is 200 cm³/mol. The van der Waals surface area contributed by atoms with Gasteiger partial charge in [-0.2, -0.15) is 13.2 Å². The number of hydrogen-bond acceptors (Lipinski definition) is 6. The molecule has 0 radical (unpaired) electrons. The van der Waals surface area contributed by atoms with Gasteiger partial charge in [-0.25, -0.2) is 0 Å². The highest BCUT2D eigenvalue weighted by Gasteiger charge is 2.59. The Morgan fingerprint density at radius 2 is 1.55 bits per heavy atom. The van der Waals surface area contributed by atoms with Gasteiger partial charge in [0.25, 0.3) is 0 Å². The number of esters is 1. The van der Waals surface area contributed by atoms with Gasteiger partial charge in [-0.1, -0.05) is 91.4 Å². The highest BCUT2D eigenvalue weighted by atomic mass is 19.4. The molecule has 0 aliphatic carbocycles. The van der Waals surface area contributed by atoms with Gasteiger partial charge >= 0.3 is 12.1 Å². The lowest BCUT2D eigenvalue weighted by Gasteiger charge is -2.51. The summed E-state index contributed by atoms with van der Waals surface area (Å²) in [6.07, 6.45) is 3.97. The first-order valence-electron chi connectivity index (χ1n) is 19.3. The molecule has 1 N–H and O–H groups in total. The third-order valence-electron chi connectivity index (χ3n) is 11.7. The fourth-order valence-electron chi connectivity index (χ4n) is 8.75. The molecule has 7 rings (SSSR count). The van der Waals surface area contributed by atoms with E-state index in [2.05, 4.69) is 10.2 Å². The summed E-state index contributed by atoms with van der Waals surface area (Å²) >= 11 is 0. The number of benzene rings is 3. The van der Waals surface area contributed by atoms with Crippen LogP contribution in [0.15, 0.2) is 91.0 Å². The van der Waals surface area contributed by atoms with E-state index in [0.29, 0.717) is 19.1 Å². The number of alkyl halides is 3. The van der Waals surface area contributed by atoms with E-state index in [1.165, 1.54) is 36.3 Å². The molecule has 0 bridgehead atoms. The summed E-state index contributed by atoms with van der Waals surface area (Å²) in [6.45, 7) is 3.04. The van der Waals surface area contributed by atoms with Crippen LogP contribution in [0.25, 0.3) is 6.08 Å². The zero-order valence-corrected chi connectivity index (χ0v) is 30.7. The summed E-state index contributed by atoms with van der Waals surface area (Å²) in [5.41, 5.74) is 1.07. The van der Waals surface area contributed by atoms with Crippen LogP contribution in [0.1, 0.15) is 66.7 Å². The Hall–Kier alpha value is -4.97. The van der Waals surface area contributed by atoms with Gasteiger partial charge in [-0.05, 0) is 67.6 Å². The van der Waals surface area contributed by atoms with Crippen molar-refractivity contribution in [1.29, 1.82) is 0 Å². The van der Waals surface area contributed by atoms with Crippen molar-refractivity contribution in [3.05, 3.63) is 113 Å². The van der Waals surface area contributed by atoms with E-state index >= 15 is 0 Å². The van der Waals surface area contributed by atoms with Gasteiger partial charge in [0.2, 0.25) is 17.7 Å². The minimum Gasteiger partial charge on any atom is -0.465 e. The molecule has 2 unspecified atom stereocenters. The lowest BCUT2D eigenvalue weighted by Crippen LogP contribution is -2.69. The number of ether oxygens (including phenoxy) is 1. The standard InChI is InChI=1S/C43H47F3N4O5/c44-43(45,46)32-16-10-13-30(25-32)27-47-40(52)36(26-37(51)49-23-19-33(20-24-49)48-21-8-3-9-22-48)50-35(18-17-29-11-4-1-5-12-29)39(41(50)53)38-34(28-55-42(38)54)31-14-6-2-7-15-31/h1-2,4-7,10-18,25,33-36,38-39H,3,8-9,19-24,26-28H2,(H,47,52)/b18-17+/t34-,35-,36-,38?,39?/m1/s1. The molecule has 290 valence electrons. The largest absolute Gasteiger partial charge is 0.465 e. The van der Waals surface area contributed by atoms with Crippen molar-refractivity contribution in [1.82, 2.24) is 20.0 Å². The third kappa shape index (κ3) is 8.64. The van der Waals surface area contributed by atoms with Gasteiger partial charge < -0.3 is 24.8 Å². The maximum Gasteiger partial charge on any atom is 0.416 e. The first kappa shape index (κ1) is 38.3. The van der Waals surface area contributed by atoms with Crippen LogP contribution in [0.5, 0.6) is 0 Å². The highest BCUT2D eigenvalue weighted by Crippen LogP contribution is 2.46. The van der Waals surface area contributed by atoms with Crippen molar-refractivity contribution < 1.29 is 37.1 Å². The van der Waals surface area contributed by atoms with E-state index in [0.717, 1.165) is 49.2 Å². The molecule has 3 aromatic rings. The van der Waals surface area contributed by atoms with Gasteiger partial charge in [0, 0.05) is 31.6 Å². The van der Waals surface area contributed by atoms with Crippen LogP contribution < -0.4 is 5.32 Å². The van der Waals surface area contributed by atoms with E-state index < -0.39 is 59.4 Å². The predicted octanol–water partition coefficient (Wildman–Crippen LogP) is 6.05. The van der Waals surface area contributed by atoms with E-state index in [1.54, 1.807) is 11.0 Å². The first-order valence-corrected chi connectivity index (χ1v) is 19.3. The summed E-state index contributed by atoms with van der Waals surface area (Å²) in [6, 6.07) is 21.8. The Kier molecular flexibility index (Phi) is 11.7. The molecule has 55 heavy (non-hydrogen) atoms. The molecule has 0 spiro atoms. The zero-order chi connectivity index (χ0) is 38.5. The highest BCUT2D eigenvalue weighted by molar-refractivity contribution is 5.98. The molecular formula is C43H47F3N4O5. The molecule has 4 fully saturated rings. The van der Waals surface area contributed by atoms with Crippen LogP contribution >= 0.6 is 0 Å². The molecule has 0 aromatic heterocycles. The lowest BCUT2D eigenvalue weighted by molar-refractivity contribution is -0.170. The summed E-state index contributed by atoms with van der Waals surface area (Å²) in [5.74, 6) is -3.97. The summed E-state index contributed by atoms with van der Waals surface area (Å²) in [5, 5.41) is 2.73. The minimum absolute atomic E-state index is 0.110. The van der Waals surface area contributed by atoms with Crippen molar-refractivity contribution >= 4 is 29.8 Å². The minimum atomic E-state index is -4.56. The molecule has 5 atom stereocenters. The topological polar surface area (TPSA) is 99.3 Å². The number of cyclic esters (lactones) is 1. The maximum absolute atomic E-state index is 14.5. The lowest BCUT2D eigenvalue weighted by atomic mass is 9.70. The second kappa shape index (κ2) is 16.8. The number of halogens is 3. The number of β-lactam (4-membered cyclic amide) rings is 1. The molecule has 4 aliphatic rings. The normalized spacial score (nSPS) is 24.4. The van der Waals surface area contributed by atoms with Crippen LogP contribution in [-0.4, -0.2) is 89.3 Å². The average Bonchev–Trinajstić information content (AvgIpc) is 3.58. The maximum atomic E-state index is 14.5. The summed E-state index contributed by atoms with van der Waals surface area (Å²) in [7, 11) is 0. The monoisotopic (exact) mass is 756 g/mol. The fraction of sp³-hybridized carbons (Fsp3) is 0.442. The molecule has 4 saturated heterocycles. The molecule has 12 heteroatoms. The zero-order valence-electron chi connectivity index (χ0n) is 30.7. The number of piperidine rings is 2. The van der Waals surface area contributed by atoms with Gasteiger partial charge in [-0.15, -0.1) is 0 Å². The molecule has 3 amide bonds. The number of carbonyl (C=O) groups is 4. The van der Waals surface area contributed by atoms with E-state index in [4.69, 9.17) is 4.74 Å². The first-order chi connectivity index (χ1) is 26.6. The van der Waals surface area contributed by atoms with Crippen LogP contribution in [0.2, 0.25) is 0 Å². The Bertz CT molecular complexity index is 1860. The molecular weight excluding hydrogens is 709 g/mol. The van der Waals surface area contributed by atoms with Crippen molar-refractivity contribution in [3.8, 4) is 0 Å². The third-order valence-corrected chi connectivity index (χ3v) is 11.7. The molecule has 0 saturated carbocycles. The Morgan fingerprint density at radius 1 is 0.855 bits per heavy atom. The van der Waals surface area contributed by atoms with Crippen LogP contribution in [0.4, 0.5) is 13.2 Å². The van der Waals surface area contributed by atoms with Crippen LogP contribution in [-0.2, 0) is 36.6 Å². The Morgan fingerprint density at radius 3 is 2.24 bits per heavy atom. The smallest absolute Gasteiger partial charge is 0.416 e. The van der Waals surface area contributed by atoms with Crippen LogP contribution in [0.3, 0.4) is 0 Å². The van der Waals surface area contributed by atoms with Gasteiger partial charge in [0.05, 0.1) is 36.5 Å². The average molecular weight is 757 g/mol. The van der Waals surface area contributed by atoms with Gasteiger partial charge in [0.1, 0.15) is 6.04 Å². The molecule has 3 aromatic carbocycles. The number of hydrogen-bond donors (Lipinski definition) is 1. The van der Waals surface area contributed by atoms with E-state index in [-0.39, 0.29) is 31.0 Å². The van der Waals surface area contributed by atoms with E-state index in [9.17, 15) is 32.3 Å². The quantitative estimate of drug-likeness (QED) is 0.189. The second-order valence-corrected chi connectivity index (χ2v) is 15.0. The Labute approximate surface area is 319 Å². The second-order valence-electron chi connectivity index (χ2n) is 15.0. The van der Waals surface area contributed by atoms with Crippen molar-refractivity contribution in [2.24, 2.45) is 11.8 Å². The molecule has 4 aliphatic heterocycles. The number of carbonyl (C=O) groups excluding carboxylic acids is 4. The number of rotatable bonds is 11. The summed E-state index contributed by atoms with van der Waals surface area (Å²) in [4.78, 5) is 61.9. The number of likely N-dealkylation sites (tertiary alicyclic amines) is 3. The fourth-order valence-corrected chi connectivity index (χ4v) is 8.75. The number of nitrogens with one attached hydrogen (secondary N) is 1. The summed E-state index contributed by atoms with van der Waals surface area (Å²) < 4.78 is 46.0. The Balaban J connectivity index is 1.16. The van der Waals surface area contributed by atoms with Gasteiger partial charge in [-0.3, -0.25) is 19.2 Å². The SMILES string of the molecule is O=C1OC[C@H](c2ccccc2)C1C1C(=O)N([C@H](CC(=O)N2CCC(N3CCCCC3)CC2)C(=O)NCc2cccc(C(F)(F)F)c2)[C@@H]1/C=C/c1ccccc1. The van der Waals surface area contributed by atoms with Crippen molar-refractivity contribution in [3.63, 3.8) is 0 Å². The number of amides is 3. The number of nitrogens with zero attached hydrogens (tertiary/aromatic N) is 3. The van der Waals surface area contributed by atoms with Crippen molar-refractivity contribution in [2.45, 2.75) is 75.3 Å². The van der Waals surface area contributed by atoms with Crippen molar-refractivity contribution in [2.75, 3.05) is 32.8 Å². The molecule has 9 nitrogen and oxygen atoms in total. The van der Waals surface area contributed by atoms with E-state index in [1.807, 2.05) is 66.7 Å². The van der Waals surface area contributed by atoms with Crippen LogP contribution in [0, 0.1) is 11.8 Å². The molecule has 4 heterocycles. The van der Waals surface area contributed by atoms with Gasteiger partial charge in [0.15, 0.2) is 0 Å².